The summed E-state index contributed by atoms with van der Waals surface area (Å²) in [4.78, 5) is 0. The van der Waals surface area contributed by atoms with Gasteiger partial charge < -0.3 is 14.8 Å². The summed E-state index contributed by atoms with van der Waals surface area (Å²) >= 11 is 0. The normalized spacial score (nSPS) is 22.7. The molecule has 0 spiro atoms. The Labute approximate surface area is 121 Å². The molecule has 1 aliphatic rings. The van der Waals surface area contributed by atoms with E-state index in [4.69, 9.17) is 4.74 Å². The summed E-state index contributed by atoms with van der Waals surface area (Å²) in [7, 11) is 1.59. The lowest BCUT2D eigenvalue weighted by molar-refractivity contribution is -0.274. The van der Waals surface area contributed by atoms with Crippen molar-refractivity contribution in [1.82, 2.24) is 5.32 Å². The molecule has 1 N–H and O–H groups in total. The van der Waals surface area contributed by atoms with Gasteiger partial charge in [-0.25, -0.2) is 0 Å². The third kappa shape index (κ3) is 4.39. The van der Waals surface area contributed by atoms with Crippen LogP contribution in [0.4, 0.5) is 13.2 Å². The van der Waals surface area contributed by atoms with Gasteiger partial charge in [-0.15, -0.1) is 13.2 Å². The summed E-state index contributed by atoms with van der Waals surface area (Å²) in [5.41, 5.74) is 0.977. The summed E-state index contributed by atoms with van der Waals surface area (Å²) in [5.74, 6) is 0.951. The van der Waals surface area contributed by atoms with E-state index in [0.29, 0.717) is 0 Å². The lowest BCUT2D eigenvalue weighted by atomic mass is 9.85. The van der Waals surface area contributed by atoms with Crippen LogP contribution in [-0.4, -0.2) is 26.6 Å². The Balaban J connectivity index is 2.03. The first-order chi connectivity index (χ1) is 9.89. The van der Waals surface area contributed by atoms with Gasteiger partial charge in [-0.1, -0.05) is 18.7 Å². The van der Waals surface area contributed by atoms with Crippen LogP contribution in [0.15, 0.2) is 36.6 Å². The number of hydrogen-bond donors (Lipinski definition) is 1. The highest BCUT2D eigenvalue weighted by Crippen LogP contribution is 2.31. The molecular formula is C15H18F3NO2. The molecule has 2 atom stereocenters. The topological polar surface area (TPSA) is 30.5 Å². The predicted octanol–water partition coefficient (Wildman–Crippen LogP) is 3.44. The molecule has 0 amide bonds. The maximum atomic E-state index is 12.1. The molecule has 1 fully saturated rings. The molecule has 6 heteroatoms. The minimum Gasteiger partial charge on any atom is -0.501 e. The largest absolute Gasteiger partial charge is 0.573 e. The lowest BCUT2D eigenvalue weighted by Gasteiger charge is -2.30. The van der Waals surface area contributed by atoms with Gasteiger partial charge in [0.2, 0.25) is 0 Å². The first-order valence-corrected chi connectivity index (χ1v) is 6.68. The highest BCUT2D eigenvalue weighted by molar-refractivity contribution is 5.30. The SMILES string of the molecule is C=C(OC)C1CNCC(c2ccc(OC(F)(F)F)cc2)C1. The Morgan fingerprint density at radius 2 is 1.90 bits per heavy atom. The molecule has 0 radical (unpaired) electrons. The third-order valence-corrected chi connectivity index (χ3v) is 3.65. The quantitative estimate of drug-likeness (QED) is 0.864. The number of ether oxygens (including phenoxy) is 2. The van der Waals surface area contributed by atoms with Crippen LogP contribution in [0, 0.1) is 5.92 Å². The minimum absolute atomic E-state index is 0.201. The highest BCUT2D eigenvalue weighted by Gasteiger charge is 2.31. The Morgan fingerprint density at radius 3 is 2.48 bits per heavy atom. The van der Waals surface area contributed by atoms with E-state index in [1.165, 1.54) is 12.1 Å². The molecule has 1 heterocycles. The fraction of sp³-hybridized carbons (Fsp3) is 0.467. The second-order valence-corrected chi connectivity index (χ2v) is 5.08. The second-order valence-electron chi connectivity index (χ2n) is 5.08. The maximum Gasteiger partial charge on any atom is 0.573 e. The van der Waals surface area contributed by atoms with Crippen molar-refractivity contribution in [2.45, 2.75) is 18.7 Å². The summed E-state index contributed by atoms with van der Waals surface area (Å²) in [6.45, 7) is 5.46. The molecule has 1 aromatic carbocycles. The molecule has 1 aromatic rings. The molecule has 2 rings (SSSR count). The van der Waals surface area contributed by atoms with E-state index in [9.17, 15) is 13.2 Å². The first kappa shape index (κ1) is 15.7. The van der Waals surface area contributed by atoms with E-state index >= 15 is 0 Å². The van der Waals surface area contributed by atoms with Crippen molar-refractivity contribution in [3.8, 4) is 5.75 Å². The first-order valence-electron chi connectivity index (χ1n) is 6.68. The number of piperidine rings is 1. The van der Waals surface area contributed by atoms with Crippen molar-refractivity contribution in [2.24, 2.45) is 5.92 Å². The van der Waals surface area contributed by atoms with Crippen LogP contribution in [-0.2, 0) is 4.74 Å². The smallest absolute Gasteiger partial charge is 0.501 e. The number of methoxy groups -OCH3 is 1. The van der Waals surface area contributed by atoms with Crippen LogP contribution in [0.25, 0.3) is 0 Å². The molecule has 1 aliphatic heterocycles. The Bertz CT molecular complexity index is 485. The van der Waals surface area contributed by atoms with Crippen molar-refractivity contribution < 1.29 is 22.6 Å². The molecule has 2 unspecified atom stereocenters. The van der Waals surface area contributed by atoms with Gasteiger partial charge in [-0.05, 0) is 30.0 Å². The summed E-state index contributed by atoms with van der Waals surface area (Å²) in [5, 5.41) is 3.30. The third-order valence-electron chi connectivity index (χ3n) is 3.65. The van der Waals surface area contributed by atoms with Crippen LogP contribution in [0.5, 0.6) is 5.75 Å². The standard InChI is InChI=1S/C15H18F3NO2/c1-10(20-2)12-7-13(9-19-8-12)11-3-5-14(6-4-11)21-15(16,17)18/h3-6,12-13,19H,1,7-9H2,2H3. The van der Waals surface area contributed by atoms with Crippen LogP contribution < -0.4 is 10.1 Å². The Morgan fingerprint density at radius 1 is 1.24 bits per heavy atom. The van der Waals surface area contributed by atoms with Gasteiger partial charge in [0.25, 0.3) is 0 Å². The minimum atomic E-state index is -4.66. The van der Waals surface area contributed by atoms with E-state index in [1.54, 1.807) is 19.2 Å². The van der Waals surface area contributed by atoms with Gasteiger partial charge in [0.1, 0.15) is 5.75 Å². The van der Waals surface area contributed by atoms with Crippen molar-refractivity contribution in [3.05, 3.63) is 42.2 Å². The highest BCUT2D eigenvalue weighted by atomic mass is 19.4. The zero-order valence-electron chi connectivity index (χ0n) is 11.7. The molecular weight excluding hydrogens is 283 g/mol. The zero-order valence-corrected chi connectivity index (χ0v) is 11.7. The monoisotopic (exact) mass is 301 g/mol. The van der Waals surface area contributed by atoms with E-state index in [1.807, 2.05) is 0 Å². The summed E-state index contributed by atoms with van der Waals surface area (Å²) < 4.78 is 45.4. The number of alkyl halides is 3. The van der Waals surface area contributed by atoms with Gasteiger partial charge in [-0.2, -0.15) is 0 Å². The van der Waals surface area contributed by atoms with Gasteiger partial charge in [0, 0.05) is 19.0 Å². The van der Waals surface area contributed by atoms with Gasteiger partial charge in [-0.3, -0.25) is 0 Å². The summed E-state index contributed by atoms with van der Waals surface area (Å²) in [6, 6.07) is 6.03. The van der Waals surface area contributed by atoms with Crippen LogP contribution in [0.3, 0.4) is 0 Å². The van der Waals surface area contributed by atoms with Gasteiger partial charge in [0.05, 0.1) is 12.9 Å². The number of nitrogens with one attached hydrogen (secondary N) is 1. The number of halogens is 3. The zero-order chi connectivity index (χ0) is 15.5. The van der Waals surface area contributed by atoms with Crippen molar-refractivity contribution in [1.29, 1.82) is 0 Å². The van der Waals surface area contributed by atoms with E-state index in [-0.39, 0.29) is 17.6 Å². The molecule has 21 heavy (non-hydrogen) atoms. The molecule has 3 nitrogen and oxygen atoms in total. The van der Waals surface area contributed by atoms with Gasteiger partial charge in [0.15, 0.2) is 0 Å². The van der Waals surface area contributed by atoms with E-state index < -0.39 is 6.36 Å². The molecule has 0 saturated carbocycles. The molecule has 1 saturated heterocycles. The second kappa shape index (κ2) is 6.39. The molecule has 116 valence electrons. The van der Waals surface area contributed by atoms with Crippen LogP contribution in [0.2, 0.25) is 0 Å². The molecule has 0 aromatic heterocycles. The molecule has 0 bridgehead atoms. The van der Waals surface area contributed by atoms with Crippen molar-refractivity contribution in [2.75, 3.05) is 20.2 Å². The Hall–Kier alpha value is -1.69. The van der Waals surface area contributed by atoms with Gasteiger partial charge >= 0.3 is 6.36 Å². The van der Waals surface area contributed by atoms with E-state index in [0.717, 1.165) is 30.8 Å². The van der Waals surface area contributed by atoms with E-state index in [2.05, 4.69) is 16.6 Å². The fourth-order valence-electron chi connectivity index (χ4n) is 2.55. The summed E-state index contributed by atoms with van der Waals surface area (Å²) in [6.07, 6.45) is -3.80. The number of benzene rings is 1. The lowest BCUT2D eigenvalue weighted by Crippen LogP contribution is -2.36. The molecule has 0 aliphatic carbocycles. The van der Waals surface area contributed by atoms with Crippen LogP contribution >= 0.6 is 0 Å². The average molecular weight is 301 g/mol. The number of hydrogen-bond acceptors (Lipinski definition) is 3. The fourth-order valence-corrected chi connectivity index (χ4v) is 2.55. The van der Waals surface area contributed by atoms with Crippen LogP contribution in [0.1, 0.15) is 17.9 Å². The Kier molecular flexibility index (Phi) is 4.77. The van der Waals surface area contributed by atoms with Crippen molar-refractivity contribution in [3.63, 3.8) is 0 Å². The maximum absolute atomic E-state index is 12.1. The average Bonchev–Trinajstić information content (AvgIpc) is 2.45. The van der Waals surface area contributed by atoms with Crippen molar-refractivity contribution >= 4 is 0 Å². The number of rotatable bonds is 4. The predicted molar refractivity (Wildman–Crippen MR) is 73.0 cm³/mol.